The molecule has 0 aliphatic heterocycles. The van der Waals surface area contributed by atoms with Crippen LogP contribution >= 0.6 is 0 Å². The van der Waals surface area contributed by atoms with Crippen LogP contribution in [0.1, 0.15) is 33.3 Å². The molecule has 0 spiro atoms. The van der Waals surface area contributed by atoms with Gasteiger partial charge in [-0.2, -0.15) is 0 Å². The highest BCUT2D eigenvalue weighted by molar-refractivity contribution is 5.88. The monoisotopic (exact) mass is 335 g/mol. The van der Waals surface area contributed by atoms with E-state index in [9.17, 15) is 4.79 Å². The van der Waals surface area contributed by atoms with E-state index in [1.807, 2.05) is 24.3 Å². The van der Waals surface area contributed by atoms with Gasteiger partial charge >= 0.3 is 0 Å². The van der Waals surface area contributed by atoms with E-state index in [4.69, 9.17) is 4.42 Å². The first-order valence-corrected chi connectivity index (χ1v) is 8.15. The number of carbonyl (C=O) groups excluding carboxylic acids is 1. The first kappa shape index (κ1) is 16.9. The molecule has 1 aromatic heterocycles. The van der Waals surface area contributed by atoms with E-state index >= 15 is 0 Å². The summed E-state index contributed by atoms with van der Waals surface area (Å²) in [5.74, 6) is 0.831. The van der Waals surface area contributed by atoms with Crippen molar-refractivity contribution < 1.29 is 9.21 Å². The Hall–Kier alpha value is -2.95. The van der Waals surface area contributed by atoms with Gasteiger partial charge in [0.2, 0.25) is 17.7 Å². The first-order chi connectivity index (χ1) is 11.8. The molecular weight excluding hydrogens is 314 g/mol. The Labute approximate surface area is 147 Å². The maximum Gasteiger partial charge on any atom is 0.248 e. The Morgan fingerprint density at radius 1 is 0.880 bits per heavy atom. The maximum absolute atomic E-state index is 11.1. The number of nitrogens with one attached hydrogen (secondary N) is 1. The van der Waals surface area contributed by atoms with E-state index in [0.29, 0.717) is 11.8 Å². The minimum Gasteiger partial charge on any atom is -0.416 e. The topological polar surface area (TPSA) is 68.0 Å². The van der Waals surface area contributed by atoms with E-state index in [1.54, 1.807) is 12.1 Å². The molecule has 0 radical (unpaired) electrons. The predicted molar refractivity (Wildman–Crippen MR) is 98.2 cm³/mol. The molecular formula is C20H21N3O2. The summed E-state index contributed by atoms with van der Waals surface area (Å²) in [5.41, 5.74) is 3.79. The number of carbonyl (C=O) groups is 1. The normalized spacial score (nSPS) is 11.4. The molecule has 2 aromatic carbocycles. The summed E-state index contributed by atoms with van der Waals surface area (Å²) in [6.07, 6.45) is 0. The Bertz CT molecular complexity index is 873. The molecule has 128 valence electrons. The lowest BCUT2D eigenvalue weighted by atomic mass is 9.87. The molecule has 1 heterocycles. The lowest BCUT2D eigenvalue weighted by molar-refractivity contribution is -0.114. The molecule has 3 rings (SSSR count). The quantitative estimate of drug-likeness (QED) is 0.756. The van der Waals surface area contributed by atoms with Crippen LogP contribution in [0.25, 0.3) is 22.9 Å². The molecule has 0 bridgehead atoms. The summed E-state index contributed by atoms with van der Waals surface area (Å²) >= 11 is 0. The van der Waals surface area contributed by atoms with Crippen LogP contribution in [-0.2, 0) is 10.2 Å². The number of hydrogen-bond acceptors (Lipinski definition) is 4. The van der Waals surface area contributed by atoms with Crippen molar-refractivity contribution in [2.24, 2.45) is 0 Å². The fourth-order valence-electron chi connectivity index (χ4n) is 2.47. The number of nitrogens with zero attached hydrogens (tertiary/aromatic N) is 2. The van der Waals surface area contributed by atoms with E-state index in [-0.39, 0.29) is 11.3 Å². The molecule has 0 aliphatic carbocycles. The summed E-state index contributed by atoms with van der Waals surface area (Å²) in [6, 6.07) is 15.5. The lowest BCUT2D eigenvalue weighted by Gasteiger charge is -2.18. The van der Waals surface area contributed by atoms with Gasteiger partial charge in [0.25, 0.3) is 0 Å². The van der Waals surface area contributed by atoms with Gasteiger partial charge in [0, 0.05) is 23.7 Å². The van der Waals surface area contributed by atoms with Crippen molar-refractivity contribution in [3.63, 3.8) is 0 Å². The van der Waals surface area contributed by atoms with Crippen molar-refractivity contribution in [1.82, 2.24) is 10.2 Å². The number of benzene rings is 2. The molecule has 0 atom stereocenters. The fraction of sp³-hybridized carbons (Fsp3) is 0.250. The summed E-state index contributed by atoms with van der Waals surface area (Å²) < 4.78 is 5.79. The average molecular weight is 335 g/mol. The molecule has 5 nitrogen and oxygen atoms in total. The third-order valence-corrected chi connectivity index (χ3v) is 3.88. The van der Waals surface area contributed by atoms with Crippen LogP contribution in [0.3, 0.4) is 0 Å². The van der Waals surface area contributed by atoms with Crippen molar-refractivity contribution >= 4 is 11.6 Å². The van der Waals surface area contributed by atoms with Crippen molar-refractivity contribution in [2.75, 3.05) is 5.32 Å². The van der Waals surface area contributed by atoms with Crippen LogP contribution < -0.4 is 5.32 Å². The highest BCUT2D eigenvalue weighted by Gasteiger charge is 2.15. The zero-order valence-corrected chi connectivity index (χ0v) is 14.8. The number of anilines is 1. The smallest absolute Gasteiger partial charge is 0.248 e. The van der Waals surface area contributed by atoms with Crippen LogP contribution in [0, 0.1) is 0 Å². The summed E-state index contributed by atoms with van der Waals surface area (Å²) in [6.45, 7) is 8.01. The zero-order valence-electron chi connectivity index (χ0n) is 14.8. The third kappa shape index (κ3) is 3.94. The van der Waals surface area contributed by atoms with E-state index in [2.05, 4.69) is 48.4 Å². The van der Waals surface area contributed by atoms with Crippen LogP contribution in [-0.4, -0.2) is 16.1 Å². The number of aromatic nitrogens is 2. The molecule has 3 aromatic rings. The van der Waals surface area contributed by atoms with Crippen LogP contribution in [0.5, 0.6) is 0 Å². The third-order valence-electron chi connectivity index (χ3n) is 3.88. The molecule has 0 aliphatic rings. The molecule has 0 saturated carbocycles. The first-order valence-electron chi connectivity index (χ1n) is 8.15. The minimum absolute atomic E-state index is 0.105. The molecule has 1 amide bonds. The standard InChI is InChI=1S/C20H21N3O2/c1-13(24)21-17-11-7-15(8-12-17)19-23-22-18(25-19)14-5-9-16(10-6-14)20(2,3)4/h5-12H,1-4H3,(H,21,24). The summed E-state index contributed by atoms with van der Waals surface area (Å²) in [4.78, 5) is 11.1. The van der Waals surface area contributed by atoms with Gasteiger partial charge < -0.3 is 9.73 Å². The van der Waals surface area contributed by atoms with E-state index in [0.717, 1.165) is 16.8 Å². The van der Waals surface area contributed by atoms with Gasteiger partial charge in [0.1, 0.15) is 0 Å². The average Bonchev–Trinajstić information content (AvgIpc) is 3.04. The van der Waals surface area contributed by atoms with Gasteiger partial charge in [0.05, 0.1) is 0 Å². The molecule has 0 fully saturated rings. The molecule has 5 heteroatoms. The number of amides is 1. The van der Waals surface area contributed by atoms with Crippen molar-refractivity contribution in [2.45, 2.75) is 33.1 Å². The largest absolute Gasteiger partial charge is 0.416 e. The Morgan fingerprint density at radius 2 is 1.36 bits per heavy atom. The van der Waals surface area contributed by atoms with Crippen LogP contribution in [0.15, 0.2) is 52.9 Å². The van der Waals surface area contributed by atoms with Gasteiger partial charge in [-0.25, -0.2) is 0 Å². The molecule has 0 unspecified atom stereocenters. The number of rotatable bonds is 3. The Kier molecular flexibility index (Phi) is 4.40. The van der Waals surface area contributed by atoms with Gasteiger partial charge in [0.15, 0.2) is 0 Å². The fourth-order valence-corrected chi connectivity index (χ4v) is 2.47. The zero-order chi connectivity index (χ0) is 18.0. The van der Waals surface area contributed by atoms with Gasteiger partial charge in [-0.15, -0.1) is 10.2 Å². The molecule has 1 N–H and O–H groups in total. The van der Waals surface area contributed by atoms with E-state index in [1.165, 1.54) is 12.5 Å². The Balaban J connectivity index is 1.81. The highest BCUT2D eigenvalue weighted by atomic mass is 16.4. The maximum atomic E-state index is 11.1. The SMILES string of the molecule is CC(=O)Nc1ccc(-c2nnc(-c3ccc(C(C)(C)C)cc3)o2)cc1. The van der Waals surface area contributed by atoms with Crippen molar-refractivity contribution in [3.05, 3.63) is 54.1 Å². The Morgan fingerprint density at radius 3 is 1.80 bits per heavy atom. The van der Waals surface area contributed by atoms with Crippen LogP contribution in [0.4, 0.5) is 5.69 Å². The number of hydrogen-bond donors (Lipinski definition) is 1. The summed E-state index contributed by atoms with van der Waals surface area (Å²) in [5, 5.41) is 11.0. The predicted octanol–water partition coefficient (Wildman–Crippen LogP) is 4.66. The van der Waals surface area contributed by atoms with Gasteiger partial charge in [-0.3, -0.25) is 4.79 Å². The van der Waals surface area contributed by atoms with Crippen LogP contribution in [0.2, 0.25) is 0 Å². The van der Waals surface area contributed by atoms with Gasteiger partial charge in [-0.1, -0.05) is 32.9 Å². The molecule has 25 heavy (non-hydrogen) atoms. The highest BCUT2D eigenvalue weighted by Crippen LogP contribution is 2.28. The minimum atomic E-state index is -0.105. The van der Waals surface area contributed by atoms with Crippen molar-refractivity contribution in [1.29, 1.82) is 0 Å². The van der Waals surface area contributed by atoms with Gasteiger partial charge in [-0.05, 0) is 47.4 Å². The summed E-state index contributed by atoms with van der Waals surface area (Å²) in [7, 11) is 0. The second-order valence-corrected chi connectivity index (χ2v) is 7.00. The second kappa shape index (κ2) is 6.51. The second-order valence-electron chi connectivity index (χ2n) is 7.00. The lowest BCUT2D eigenvalue weighted by Crippen LogP contribution is -2.10. The molecule has 0 saturated heterocycles. The van der Waals surface area contributed by atoms with Crippen molar-refractivity contribution in [3.8, 4) is 22.9 Å². The van der Waals surface area contributed by atoms with E-state index < -0.39 is 0 Å².